The zero-order valence-corrected chi connectivity index (χ0v) is 15.9. The van der Waals surface area contributed by atoms with Gasteiger partial charge >= 0.3 is 5.97 Å². The van der Waals surface area contributed by atoms with Crippen LogP contribution in [0.15, 0.2) is 30.3 Å². The number of carbonyl (C=O) groups is 2. The molecular formula is C19H28N2O5. The zero-order valence-electron chi connectivity index (χ0n) is 15.9. The number of carbonyl (C=O) groups excluding carboxylic acids is 2. The first-order chi connectivity index (χ1) is 12.2. The highest BCUT2D eigenvalue weighted by atomic mass is 16.5. The third-order valence-corrected chi connectivity index (χ3v) is 4.77. The second kappa shape index (κ2) is 8.16. The van der Waals surface area contributed by atoms with Crippen molar-refractivity contribution in [3.63, 3.8) is 0 Å². The van der Waals surface area contributed by atoms with Gasteiger partial charge in [0.15, 0.2) is 6.04 Å². The number of ether oxygens (including phenoxy) is 2. The van der Waals surface area contributed by atoms with Gasteiger partial charge < -0.3 is 19.9 Å². The van der Waals surface area contributed by atoms with E-state index in [4.69, 9.17) is 4.74 Å². The van der Waals surface area contributed by atoms with Crippen molar-refractivity contribution in [2.24, 2.45) is 0 Å². The van der Waals surface area contributed by atoms with Gasteiger partial charge in [0.2, 0.25) is 5.91 Å². The molecule has 0 spiro atoms. The summed E-state index contributed by atoms with van der Waals surface area (Å²) in [5, 5.41) is 12.4. The van der Waals surface area contributed by atoms with Gasteiger partial charge in [-0.15, -0.1) is 0 Å². The number of methoxy groups -OCH3 is 1. The predicted molar refractivity (Wildman–Crippen MR) is 96.1 cm³/mol. The zero-order chi connectivity index (χ0) is 19.5. The minimum atomic E-state index is -1.11. The monoisotopic (exact) mass is 364 g/mol. The lowest BCUT2D eigenvalue weighted by atomic mass is 10.0. The van der Waals surface area contributed by atoms with Gasteiger partial charge in [-0.3, -0.25) is 9.69 Å². The molecule has 4 atom stereocenters. The molecule has 1 aromatic carbocycles. The van der Waals surface area contributed by atoms with E-state index >= 15 is 0 Å². The highest BCUT2D eigenvalue weighted by Crippen LogP contribution is 2.38. The molecule has 1 aliphatic rings. The largest absolute Gasteiger partial charge is 0.467 e. The molecule has 1 aliphatic heterocycles. The van der Waals surface area contributed by atoms with E-state index in [9.17, 15) is 14.7 Å². The van der Waals surface area contributed by atoms with E-state index in [1.54, 1.807) is 6.92 Å². The summed E-state index contributed by atoms with van der Waals surface area (Å²) in [5.41, 5.74) is 0.404. The molecular weight excluding hydrogens is 336 g/mol. The van der Waals surface area contributed by atoms with Gasteiger partial charge in [0.05, 0.1) is 31.9 Å². The molecule has 26 heavy (non-hydrogen) atoms. The molecule has 1 heterocycles. The molecule has 1 fully saturated rings. The van der Waals surface area contributed by atoms with E-state index in [1.807, 2.05) is 49.1 Å². The van der Waals surface area contributed by atoms with E-state index in [0.717, 1.165) is 5.56 Å². The minimum absolute atomic E-state index is 0.0879. The van der Waals surface area contributed by atoms with Crippen molar-refractivity contribution < 1.29 is 24.2 Å². The second-order valence-corrected chi connectivity index (χ2v) is 7.02. The summed E-state index contributed by atoms with van der Waals surface area (Å²) in [6.45, 7) is 7.48. The Morgan fingerprint density at radius 2 is 1.92 bits per heavy atom. The molecule has 0 aromatic heterocycles. The lowest BCUT2D eigenvalue weighted by molar-refractivity contribution is -0.150. The third-order valence-electron chi connectivity index (χ3n) is 4.77. The number of esters is 1. The van der Waals surface area contributed by atoms with E-state index in [1.165, 1.54) is 14.0 Å². The molecule has 7 heteroatoms. The maximum atomic E-state index is 12.8. The topological polar surface area (TPSA) is 88.1 Å². The van der Waals surface area contributed by atoms with Gasteiger partial charge in [-0.2, -0.15) is 0 Å². The van der Waals surface area contributed by atoms with Crippen molar-refractivity contribution in [1.82, 2.24) is 10.2 Å². The first-order valence-electron chi connectivity index (χ1n) is 8.72. The van der Waals surface area contributed by atoms with Crippen LogP contribution in [0, 0.1) is 0 Å². The van der Waals surface area contributed by atoms with Crippen molar-refractivity contribution >= 4 is 11.9 Å². The van der Waals surface area contributed by atoms with Crippen LogP contribution < -0.4 is 5.32 Å². The van der Waals surface area contributed by atoms with Crippen LogP contribution in [0.4, 0.5) is 0 Å². The Kier molecular flexibility index (Phi) is 6.39. The summed E-state index contributed by atoms with van der Waals surface area (Å²) >= 11 is 0. The molecule has 0 saturated carbocycles. The molecule has 0 bridgehead atoms. The van der Waals surface area contributed by atoms with Crippen molar-refractivity contribution in [2.45, 2.75) is 57.6 Å². The molecule has 1 unspecified atom stereocenters. The fourth-order valence-electron chi connectivity index (χ4n) is 3.38. The molecule has 1 aromatic rings. The van der Waals surface area contributed by atoms with Crippen LogP contribution in [0.5, 0.6) is 0 Å². The summed E-state index contributed by atoms with van der Waals surface area (Å²) in [4.78, 5) is 26.6. The predicted octanol–water partition coefficient (Wildman–Crippen LogP) is 1.22. The average Bonchev–Trinajstić information content (AvgIpc) is 2.93. The van der Waals surface area contributed by atoms with Gasteiger partial charge in [0, 0.05) is 0 Å². The SMILES string of the molecule is COC(=O)[C@@H](NC(=O)[C@H](C)N1[C@H](c2ccccc2)COC1(C)C)C(C)O. The maximum Gasteiger partial charge on any atom is 0.331 e. The maximum absolute atomic E-state index is 12.8. The van der Waals surface area contributed by atoms with E-state index in [0.29, 0.717) is 6.61 Å². The number of nitrogens with zero attached hydrogens (tertiary/aromatic N) is 1. The van der Waals surface area contributed by atoms with Crippen molar-refractivity contribution in [2.75, 3.05) is 13.7 Å². The number of amides is 1. The average molecular weight is 364 g/mol. The quantitative estimate of drug-likeness (QED) is 0.738. The van der Waals surface area contributed by atoms with Crippen LogP contribution in [0.1, 0.15) is 39.3 Å². The molecule has 0 aliphatic carbocycles. The van der Waals surface area contributed by atoms with Crippen LogP contribution in [-0.4, -0.2) is 59.5 Å². The van der Waals surface area contributed by atoms with Crippen molar-refractivity contribution in [1.29, 1.82) is 0 Å². The lowest BCUT2D eigenvalue weighted by Crippen LogP contribution is -2.57. The highest BCUT2D eigenvalue weighted by molar-refractivity contribution is 5.87. The van der Waals surface area contributed by atoms with Gasteiger partial charge in [0.1, 0.15) is 5.72 Å². The number of rotatable bonds is 6. The van der Waals surface area contributed by atoms with Crippen LogP contribution in [0.2, 0.25) is 0 Å². The van der Waals surface area contributed by atoms with Gasteiger partial charge in [-0.25, -0.2) is 4.79 Å². The van der Waals surface area contributed by atoms with Gasteiger partial charge in [0.25, 0.3) is 0 Å². The van der Waals surface area contributed by atoms with E-state index in [-0.39, 0.29) is 11.9 Å². The van der Waals surface area contributed by atoms with Crippen LogP contribution in [0.25, 0.3) is 0 Å². The number of benzene rings is 1. The van der Waals surface area contributed by atoms with Gasteiger partial charge in [-0.1, -0.05) is 30.3 Å². The third kappa shape index (κ3) is 4.23. The number of hydrogen-bond donors (Lipinski definition) is 2. The second-order valence-electron chi connectivity index (χ2n) is 7.02. The van der Waals surface area contributed by atoms with Crippen LogP contribution in [-0.2, 0) is 19.1 Å². The number of aliphatic hydroxyl groups is 1. The molecule has 1 amide bonds. The first kappa shape index (κ1) is 20.4. The summed E-state index contributed by atoms with van der Waals surface area (Å²) in [7, 11) is 1.22. The Hall–Kier alpha value is -1.96. The van der Waals surface area contributed by atoms with Crippen molar-refractivity contribution in [3.8, 4) is 0 Å². The molecule has 1 saturated heterocycles. The lowest BCUT2D eigenvalue weighted by Gasteiger charge is -2.38. The molecule has 2 rings (SSSR count). The highest BCUT2D eigenvalue weighted by Gasteiger charge is 2.46. The normalized spacial score (nSPS) is 23.1. The number of aliphatic hydroxyl groups excluding tert-OH is 1. The smallest absolute Gasteiger partial charge is 0.331 e. The Morgan fingerprint density at radius 3 is 2.46 bits per heavy atom. The Bertz CT molecular complexity index is 632. The Morgan fingerprint density at radius 1 is 1.31 bits per heavy atom. The molecule has 2 N–H and O–H groups in total. The van der Waals surface area contributed by atoms with E-state index < -0.39 is 29.9 Å². The molecule has 0 radical (unpaired) electrons. The van der Waals surface area contributed by atoms with Crippen LogP contribution >= 0.6 is 0 Å². The standard InChI is InChI=1S/C19H28N2O5/c1-12(17(23)20-16(13(2)22)18(24)25-5)21-15(11-26-19(21,3)4)14-9-7-6-8-10-14/h6-10,12-13,15-16,22H,11H2,1-5H3,(H,20,23)/t12-,13?,15-,16-/m0/s1. The van der Waals surface area contributed by atoms with Gasteiger partial charge in [-0.05, 0) is 33.3 Å². The number of nitrogens with one attached hydrogen (secondary N) is 1. The van der Waals surface area contributed by atoms with E-state index in [2.05, 4.69) is 10.1 Å². The van der Waals surface area contributed by atoms with Crippen molar-refractivity contribution in [3.05, 3.63) is 35.9 Å². The molecule has 7 nitrogen and oxygen atoms in total. The summed E-state index contributed by atoms with van der Waals surface area (Å²) in [6, 6.07) is 8.05. The summed E-state index contributed by atoms with van der Waals surface area (Å²) < 4.78 is 10.6. The number of hydrogen-bond acceptors (Lipinski definition) is 6. The first-order valence-corrected chi connectivity index (χ1v) is 8.72. The fourth-order valence-corrected chi connectivity index (χ4v) is 3.38. The Balaban J connectivity index is 2.22. The fraction of sp³-hybridized carbons (Fsp3) is 0.579. The summed E-state index contributed by atoms with van der Waals surface area (Å²) in [5.74, 6) is -1.06. The molecule has 144 valence electrons. The van der Waals surface area contributed by atoms with Crippen LogP contribution in [0.3, 0.4) is 0 Å². The Labute approximate surface area is 154 Å². The minimum Gasteiger partial charge on any atom is -0.467 e. The summed E-state index contributed by atoms with van der Waals surface area (Å²) in [6.07, 6.45) is -1.06.